The van der Waals surface area contributed by atoms with Crippen LogP contribution < -0.4 is 11.1 Å². The van der Waals surface area contributed by atoms with E-state index in [0.29, 0.717) is 17.4 Å². The number of anilines is 1. The Morgan fingerprint density at radius 3 is 2.71 bits per heavy atom. The molecule has 3 N–H and O–H groups in total. The number of aromatic nitrogens is 2. The lowest BCUT2D eigenvalue weighted by Gasteiger charge is -2.15. The monoisotopic (exact) mass is 304 g/mol. The van der Waals surface area contributed by atoms with Crippen molar-refractivity contribution in [3.63, 3.8) is 0 Å². The molecule has 0 fully saturated rings. The predicted molar refractivity (Wildman–Crippen MR) is 87.6 cm³/mol. The molecule has 2 rings (SSSR count). The molecule has 0 bridgehead atoms. The summed E-state index contributed by atoms with van der Waals surface area (Å²) in [5.74, 6) is 1.58. The van der Waals surface area contributed by atoms with Gasteiger partial charge in [-0.2, -0.15) is 5.10 Å². The molecular weight excluding hydrogens is 284 g/mol. The van der Waals surface area contributed by atoms with Crippen LogP contribution in [0.25, 0.3) is 0 Å². The van der Waals surface area contributed by atoms with E-state index in [-0.39, 0.29) is 0 Å². The van der Waals surface area contributed by atoms with Crippen molar-refractivity contribution < 1.29 is 4.42 Å². The van der Waals surface area contributed by atoms with Gasteiger partial charge >= 0.3 is 0 Å². The van der Waals surface area contributed by atoms with E-state index in [1.165, 1.54) is 0 Å². The third-order valence-corrected chi connectivity index (χ3v) is 3.54. The van der Waals surface area contributed by atoms with Crippen LogP contribution >= 0.6 is 12.2 Å². The summed E-state index contributed by atoms with van der Waals surface area (Å²) in [6, 6.07) is 3.82. The SMILES string of the molecule is CCc1nnc(NCCc2ccco2)c(C(N)=S)c1CC. The first-order valence-corrected chi connectivity index (χ1v) is 7.52. The van der Waals surface area contributed by atoms with E-state index in [0.717, 1.165) is 41.8 Å². The summed E-state index contributed by atoms with van der Waals surface area (Å²) in [4.78, 5) is 0.358. The topological polar surface area (TPSA) is 77.0 Å². The molecule has 0 saturated carbocycles. The van der Waals surface area contributed by atoms with E-state index in [1.807, 2.05) is 12.1 Å². The Kier molecular flexibility index (Phi) is 5.27. The smallest absolute Gasteiger partial charge is 0.159 e. The number of nitrogens with zero attached hydrogens (tertiary/aromatic N) is 2. The molecule has 21 heavy (non-hydrogen) atoms. The maximum Gasteiger partial charge on any atom is 0.159 e. The highest BCUT2D eigenvalue weighted by Gasteiger charge is 2.16. The Labute approximate surface area is 129 Å². The molecule has 0 radical (unpaired) electrons. The number of furan rings is 1. The first kappa shape index (κ1) is 15.4. The van der Waals surface area contributed by atoms with Gasteiger partial charge in [0.2, 0.25) is 0 Å². The summed E-state index contributed by atoms with van der Waals surface area (Å²) in [5, 5.41) is 11.8. The maximum atomic E-state index is 5.89. The van der Waals surface area contributed by atoms with Crippen LogP contribution in [0.1, 0.15) is 36.4 Å². The van der Waals surface area contributed by atoms with Gasteiger partial charge in [0.15, 0.2) is 5.82 Å². The van der Waals surface area contributed by atoms with Crippen LogP contribution in [0.15, 0.2) is 22.8 Å². The van der Waals surface area contributed by atoms with Gasteiger partial charge in [-0.15, -0.1) is 5.10 Å². The fraction of sp³-hybridized carbons (Fsp3) is 0.400. The lowest BCUT2D eigenvalue weighted by atomic mass is 10.0. The molecular formula is C15H20N4OS. The van der Waals surface area contributed by atoms with Gasteiger partial charge in [-0.3, -0.25) is 0 Å². The summed E-state index contributed by atoms with van der Waals surface area (Å²) in [7, 11) is 0. The van der Waals surface area contributed by atoms with E-state index in [2.05, 4.69) is 29.4 Å². The quantitative estimate of drug-likeness (QED) is 0.765. The number of hydrogen-bond acceptors (Lipinski definition) is 5. The number of nitrogens with one attached hydrogen (secondary N) is 1. The van der Waals surface area contributed by atoms with Crippen molar-refractivity contribution in [2.24, 2.45) is 5.73 Å². The lowest BCUT2D eigenvalue weighted by Crippen LogP contribution is -2.20. The van der Waals surface area contributed by atoms with Crippen molar-refractivity contribution >= 4 is 23.0 Å². The largest absolute Gasteiger partial charge is 0.469 e. The Bertz CT molecular complexity index is 610. The third kappa shape index (κ3) is 3.58. The second-order valence-corrected chi connectivity index (χ2v) is 5.12. The van der Waals surface area contributed by atoms with Crippen molar-refractivity contribution in [2.75, 3.05) is 11.9 Å². The van der Waals surface area contributed by atoms with Crippen LogP contribution in [0.4, 0.5) is 5.82 Å². The molecule has 0 saturated heterocycles. The van der Waals surface area contributed by atoms with E-state index in [1.54, 1.807) is 6.26 Å². The Hall–Kier alpha value is -1.95. The number of aryl methyl sites for hydroxylation is 1. The zero-order chi connectivity index (χ0) is 15.2. The summed E-state index contributed by atoms with van der Waals surface area (Å²) in [6.45, 7) is 4.81. The normalized spacial score (nSPS) is 10.6. The van der Waals surface area contributed by atoms with E-state index < -0.39 is 0 Å². The van der Waals surface area contributed by atoms with Crippen molar-refractivity contribution in [2.45, 2.75) is 33.1 Å². The van der Waals surface area contributed by atoms with Gasteiger partial charge in [-0.1, -0.05) is 26.1 Å². The van der Waals surface area contributed by atoms with Gasteiger partial charge in [0.25, 0.3) is 0 Å². The Morgan fingerprint density at radius 1 is 1.33 bits per heavy atom. The molecule has 0 aliphatic carbocycles. The third-order valence-electron chi connectivity index (χ3n) is 3.34. The molecule has 0 aliphatic heterocycles. The summed E-state index contributed by atoms with van der Waals surface area (Å²) < 4.78 is 5.30. The van der Waals surface area contributed by atoms with Crippen molar-refractivity contribution in [3.8, 4) is 0 Å². The van der Waals surface area contributed by atoms with Crippen LogP contribution in [-0.4, -0.2) is 21.7 Å². The van der Waals surface area contributed by atoms with E-state index >= 15 is 0 Å². The van der Waals surface area contributed by atoms with Crippen LogP contribution in [0.3, 0.4) is 0 Å². The molecule has 0 spiro atoms. The van der Waals surface area contributed by atoms with Crippen molar-refractivity contribution in [3.05, 3.63) is 41.0 Å². The van der Waals surface area contributed by atoms with E-state index in [9.17, 15) is 0 Å². The minimum Gasteiger partial charge on any atom is -0.469 e. The summed E-state index contributed by atoms with van der Waals surface area (Å²) in [6.07, 6.45) is 4.08. The first-order chi connectivity index (χ1) is 10.2. The average molecular weight is 304 g/mol. The van der Waals surface area contributed by atoms with Gasteiger partial charge in [0.05, 0.1) is 17.5 Å². The highest BCUT2D eigenvalue weighted by molar-refractivity contribution is 7.80. The summed E-state index contributed by atoms with van der Waals surface area (Å²) >= 11 is 5.19. The molecule has 6 heteroatoms. The fourth-order valence-corrected chi connectivity index (χ4v) is 2.54. The van der Waals surface area contributed by atoms with Gasteiger partial charge in [0.1, 0.15) is 10.7 Å². The number of hydrogen-bond donors (Lipinski definition) is 2. The standard InChI is InChI=1S/C15H20N4OS/c1-3-11-12(4-2)18-19-15(13(11)14(16)21)17-8-7-10-6-5-9-20-10/h5-6,9H,3-4,7-8H2,1-2H3,(H2,16,21)(H,17,19). The van der Waals surface area contributed by atoms with Crippen LogP contribution in [-0.2, 0) is 19.3 Å². The van der Waals surface area contributed by atoms with Crippen LogP contribution in [0.5, 0.6) is 0 Å². The van der Waals surface area contributed by atoms with Gasteiger partial charge in [0, 0.05) is 13.0 Å². The first-order valence-electron chi connectivity index (χ1n) is 7.11. The number of thiocarbonyl (C=S) groups is 1. The number of rotatable bonds is 7. The molecule has 2 heterocycles. The second-order valence-electron chi connectivity index (χ2n) is 4.68. The zero-order valence-corrected chi connectivity index (χ0v) is 13.2. The molecule has 2 aromatic heterocycles. The highest BCUT2D eigenvalue weighted by Crippen LogP contribution is 2.21. The molecule has 0 amide bonds. The molecule has 112 valence electrons. The molecule has 0 atom stereocenters. The molecule has 0 aromatic carbocycles. The second kappa shape index (κ2) is 7.17. The predicted octanol–water partition coefficient (Wildman–Crippen LogP) is 2.48. The molecule has 5 nitrogen and oxygen atoms in total. The maximum absolute atomic E-state index is 5.89. The van der Waals surface area contributed by atoms with Crippen molar-refractivity contribution in [1.29, 1.82) is 0 Å². The molecule has 0 aliphatic rings. The highest BCUT2D eigenvalue weighted by atomic mass is 32.1. The Morgan fingerprint density at radius 2 is 2.14 bits per heavy atom. The van der Waals surface area contributed by atoms with Gasteiger partial charge < -0.3 is 15.5 Å². The van der Waals surface area contributed by atoms with Crippen molar-refractivity contribution in [1.82, 2.24) is 10.2 Å². The molecule has 0 unspecified atom stereocenters. The number of nitrogens with two attached hydrogens (primary N) is 1. The lowest BCUT2D eigenvalue weighted by molar-refractivity contribution is 0.513. The average Bonchev–Trinajstić information content (AvgIpc) is 2.99. The van der Waals surface area contributed by atoms with Gasteiger partial charge in [-0.05, 0) is 30.5 Å². The summed E-state index contributed by atoms with van der Waals surface area (Å²) in [5.41, 5.74) is 8.74. The zero-order valence-electron chi connectivity index (χ0n) is 12.3. The fourth-order valence-electron chi connectivity index (χ4n) is 2.32. The van der Waals surface area contributed by atoms with Crippen LogP contribution in [0.2, 0.25) is 0 Å². The van der Waals surface area contributed by atoms with Crippen LogP contribution in [0, 0.1) is 0 Å². The minimum absolute atomic E-state index is 0.358. The van der Waals surface area contributed by atoms with Gasteiger partial charge in [-0.25, -0.2) is 0 Å². The van der Waals surface area contributed by atoms with E-state index in [4.69, 9.17) is 22.4 Å². The molecule has 2 aromatic rings. The Balaban J connectivity index is 2.20. The minimum atomic E-state index is 0.358.